The molecule has 7 nitrogen and oxygen atoms in total. The monoisotopic (exact) mass is 420 g/mol. The van der Waals surface area contributed by atoms with E-state index in [4.69, 9.17) is 4.74 Å². The maximum Gasteiger partial charge on any atom is 0.251 e. The van der Waals surface area contributed by atoms with E-state index < -0.39 is 0 Å². The zero-order chi connectivity index (χ0) is 22.2. The Labute approximate surface area is 182 Å². The standard InChI is InChI=1S/C24H28N4O3/c1-16-6-9-20(10-7-16)31-14-4-5-23(29)25-12-13-26-24(30)19-8-11-21-22(15-19)28-18(3)17(2)27-21/h6-11,15H,4-5,12-14H2,1-3H3,(H,25,29)(H,26,30). The van der Waals surface area contributed by atoms with Gasteiger partial charge in [-0.1, -0.05) is 17.7 Å². The minimum Gasteiger partial charge on any atom is -0.494 e. The fourth-order valence-electron chi connectivity index (χ4n) is 3.00. The number of hydrogen-bond acceptors (Lipinski definition) is 5. The molecule has 7 heteroatoms. The zero-order valence-corrected chi connectivity index (χ0v) is 18.2. The van der Waals surface area contributed by atoms with Crippen molar-refractivity contribution in [3.8, 4) is 5.75 Å². The summed E-state index contributed by atoms with van der Waals surface area (Å²) in [5.41, 5.74) is 4.87. The van der Waals surface area contributed by atoms with Gasteiger partial charge < -0.3 is 15.4 Å². The Morgan fingerprint density at radius 2 is 1.55 bits per heavy atom. The number of amides is 2. The number of nitrogens with zero attached hydrogens (tertiary/aromatic N) is 2. The number of benzene rings is 2. The van der Waals surface area contributed by atoms with Crippen molar-refractivity contribution in [3.05, 3.63) is 65.0 Å². The van der Waals surface area contributed by atoms with Gasteiger partial charge in [0.2, 0.25) is 5.91 Å². The summed E-state index contributed by atoms with van der Waals surface area (Å²) < 4.78 is 5.62. The van der Waals surface area contributed by atoms with Gasteiger partial charge >= 0.3 is 0 Å². The average molecular weight is 421 g/mol. The van der Waals surface area contributed by atoms with E-state index in [1.807, 2.05) is 45.0 Å². The van der Waals surface area contributed by atoms with Gasteiger partial charge in [0.05, 0.1) is 29.0 Å². The van der Waals surface area contributed by atoms with Gasteiger partial charge in [0.15, 0.2) is 0 Å². The number of rotatable bonds is 9. The van der Waals surface area contributed by atoms with Gasteiger partial charge in [-0.15, -0.1) is 0 Å². The molecule has 3 aromatic rings. The molecule has 2 N–H and O–H groups in total. The third-order valence-electron chi connectivity index (χ3n) is 4.91. The Balaban J connectivity index is 1.34. The molecule has 0 bridgehead atoms. The third kappa shape index (κ3) is 6.50. The van der Waals surface area contributed by atoms with E-state index in [2.05, 4.69) is 20.6 Å². The third-order valence-corrected chi connectivity index (χ3v) is 4.91. The van der Waals surface area contributed by atoms with E-state index in [9.17, 15) is 9.59 Å². The molecule has 3 rings (SSSR count). The van der Waals surface area contributed by atoms with E-state index in [1.165, 1.54) is 5.56 Å². The lowest BCUT2D eigenvalue weighted by Gasteiger charge is -2.09. The average Bonchev–Trinajstić information content (AvgIpc) is 2.76. The molecule has 0 saturated carbocycles. The molecule has 0 aliphatic heterocycles. The largest absolute Gasteiger partial charge is 0.494 e. The van der Waals surface area contributed by atoms with E-state index >= 15 is 0 Å². The first kappa shape index (κ1) is 22.2. The second kappa shape index (κ2) is 10.5. The van der Waals surface area contributed by atoms with E-state index in [0.717, 1.165) is 22.7 Å². The fourth-order valence-corrected chi connectivity index (χ4v) is 3.00. The molecule has 162 valence electrons. The minimum absolute atomic E-state index is 0.0615. The van der Waals surface area contributed by atoms with E-state index in [0.29, 0.717) is 43.6 Å². The number of ether oxygens (including phenoxy) is 1. The number of carbonyl (C=O) groups excluding carboxylic acids is 2. The van der Waals surface area contributed by atoms with Crippen molar-refractivity contribution >= 4 is 22.8 Å². The molecule has 0 aliphatic rings. The number of hydrogen-bond donors (Lipinski definition) is 2. The molecule has 0 spiro atoms. The number of nitrogens with one attached hydrogen (secondary N) is 2. The van der Waals surface area contributed by atoms with Crippen LogP contribution in [0.5, 0.6) is 5.75 Å². The fraction of sp³-hybridized carbons (Fsp3) is 0.333. The van der Waals surface area contributed by atoms with Crippen LogP contribution in [0, 0.1) is 20.8 Å². The van der Waals surface area contributed by atoms with E-state index in [1.54, 1.807) is 18.2 Å². The maximum atomic E-state index is 12.4. The summed E-state index contributed by atoms with van der Waals surface area (Å²) in [6, 6.07) is 13.1. The van der Waals surface area contributed by atoms with Crippen LogP contribution in [0.1, 0.15) is 40.2 Å². The van der Waals surface area contributed by atoms with Crippen molar-refractivity contribution in [1.82, 2.24) is 20.6 Å². The summed E-state index contributed by atoms with van der Waals surface area (Å²) in [6.45, 7) is 7.03. The SMILES string of the molecule is Cc1ccc(OCCCC(=O)NCCNC(=O)c2ccc3nc(C)c(C)nc3c2)cc1. The highest BCUT2D eigenvalue weighted by Gasteiger charge is 2.09. The summed E-state index contributed by atoms with van der Waals surface area (Å²) in [5.74, 6) is 0.537. The molecule has 0 radical (unpaired) electrons. The van der Waals surface area contributed by atoms with Crippen molar-refractivity contribution in [2.75, 3.05) is 19.7 Å². The molecular formula is C24H28N4O3. The lowest BCUT2D eigenvalue weighted by molar-refractivity contribution is -0.121. The van der Waals surface area contributed by atoms with Crippen molar-refractivity contribution in [3.63, 3.8) is 0 Å². The predicted octanol–water partition coefficient (Wildman–Crippen LogP) is 3.26. The highest BCUT2D eigenvalue weighted by molar-refractivity contribution is 5.97. The van der Waals surface area contributed by atoms with Gasteiger partial charge in [0.25, 0.3) is 5.91 Å². The molecule has 2 aromatic carbocycles. The highest BCUT2D eigenvalue weighted by atomic mass is 16.5. The summed E-state index contributed by atoms with van der Waals surface area (Å²) in [5, 5.41) is 5.62. The maximum absolute atomic E-state index is 12.4. The molecule has 1 aromatic heterocycles. The predicted molar refractivity (Wildman–Crippen MR) is 120 cm³/mol. The number of fused-ring (bicyclic) bond motifs is 1. The van der Waals surface area contributed by atoms with Crippen LogP contribution in [0.2, 0.25) is 0 Å². The van der Waals surface area contributed by atoms with Gasteiger partial charge in [-0.3, -0.25) is 9.59 Å². The first-order valence-electron chi connectivity index (χ1n) is 10.4. The topological polar surface area (TPSA) is 93.2 Å². The van der Waals surface area contributed by atoms with Gasteiger partial charge in [0.1, 0.15) is 5.75 Å². The Morgan fingerprint density at radius 1 is 0.871 bits per heavy atom. The number of aryl methyl sites for hydroxylation is 3. The molecule has 0 aliphatic carbocycles. The first-order chi connectivity index (χ1) is 14.9. The number of aromatic nitrogens is 2. The van der Waals surface area contributed by atoms with Crippen molar-refractivity contribution in [2.45, 2.75) is 33.6 Å². The lowest BCUT2D eigenvalue weighted by atomic mass is 10.1. The number of carbonyl (C=O) groups is 2. The van der Waals surface area contributed by atoms with Crippen LogP contribution in [0.15, 0.2) is 42.5 Å². The zero-order valence-electron chi connectivity index (χ0n) is 18.2. The van der Waals surface area contributed by atoms with Crippen LogP contribution < -0.4 is 15.4 Å². The second-order valence-corrected chi connectivity index (χ2v) is 7.47. The molecule has 0 unspecified atom stereocenters. The lowest BCUT2D eigenvalue weighted by Crippen LogP contribution is -2.34. The van der Waals surface area contributed by atoms with Crippen LogP contribution in [-0.2, 0) is 4.79 Å². The normalized spacial score (nSPS) is 10.7. The van der Waals surface area contributed by atoms with Crippen LogP contribution in [0.3, 0.4) is 0 Å². The van der Waals surface area contributed by atoms with Crippen LogP contribution in [-0.4, -0.2) is 41.5 Å². The van der Waals surface area contributed by atoms with Crippen LogP contribution in [0.25, 0.3) is 11.0 Å². The molecule has 2 amide bonds. The van der Waals surface area contributed by atoms with Crippen LogP contribution in [0.4, 0.5) is 0 Å². The summed E-state index contributed by atoms with van der Waals surface area (Å²) in [4.78, 5) is 33.2. The van der Waals surface area contributed by atoms with Crippen molar-refractivity contribution < 1.29 is 14.3 Å². The van der Waals surface area contributed by atoms with Gasteiger partial charge in [0, 0.05) is 25.1 Å². The van der Waals surface area contributed by atoms with Crippen LogP contribution >= 0.6 is 0 Å². The molecule has 0 atom stereocenters. The Kier molecular flexibility index (Phi) is 7.54. The Morgan fingerprint density at radius 3 is 2.29 bits per heavy atom. The smallest absolute Gasteiger partial charge is 0.251 e. The Hall–Kier alpha value is -3.48. The summed E-state index contributed by atoms with van der Waals surface area (Å²) >= 11 is 0. The van der Waals surface area contributed by atoms with Gasteiger partial charge in [-0.2, -0.15) is 0 Å². The first-order valence-corrected chi connectivity index (χ1v) is 10.4. The Bertz CT molecular complexity index is 1060. The van der Waals surface area contributed by atoms with Crippen molar-refractivity contribution in [2.24, 2.45) is 0 Å². The molecular weight excluding hydrogens is 392 g/mol. The van der Waals surface area contributed by atoms with Gasteiger partial charge in [-0.25, -0.2) is 9.97 Å². The quantitative estimate of drug-likeness (QED) is 0.518. The van der Waals surface area contributed by atoms with E-state index in [-0.39, 0.29) is 11.8 Å². The van der Waals surface area contributed by atoms with Gasteiger partial charge in [-0.05, 0) is 57.5 Å². The molecule has 0 saturated heterocycles. The molecule has 1 heterocycles. The second-order valence-electron chi connectivity index (χ2n) is 7.47. The summed E-state index contributed by atoms with van der Waals surface area (Å²) in [6.07, 6.45) is 1.00. The molecule has 0 fully saturated rings. The highest BCUT2D eigenvalue weighted by Crippen LogP contribution is 2.14. The van der Waals surface area contributed by atoms with Crippen molar-refractivity contribution in [1.29, 1.82) is 0 Å². The summed E-state index contributed by atoms with van der Waals surface area (Å²) in [7, 11) is 0. The molecule has 31 heavy (non-hydrogen) atoms. The minimum atomic E-state index is -0.206.